The summed E-state index contributed by atoms with van der Waals surface area (Å²) >= 11 is 0. The normalized spacial score (nSPS) is 17.3. The van der Waals surface area contributed by atoms with Gasteiger partial charge in [0, 0.05) is 33.7 Å². The highest BCUT2D eigenvalue weighted by atomic mass is 35.5. The third-order valence-corrected chi connectivity index (χ3v) is 5.37. The van der Waals surface area contributed by atoms with E-state index in [1.165, 1.54) is 4.31 Å². The molecule has 1 aliphatic heterocycles. The first-order valence-corrected chi connectivity index (χ1v) is 8.39. The average molecular weight is 334 g/mol. The van der Waals surface area contributed by atoms with Crippen molar-refractivity contribution in [1.29, 1.82) is 0 Å². The molecule has 0 saturated carbocycles. The zero-order valence-corrected chi connectivity index (χ0v) is 14.2. The third kappa shape index (κ3) is 4.93. The fraction of sp³-hybridized carbons (Fsp3) is 0.571. The van der Waals surface area contributed by atoms with Crippen molar-refractivity contribution >= 4 is 22.4 Å². The average Bonchev–Trinajstić information content (AvgIpc) is 2.68. The summed E-state index contributed by atoms with van der Waals surface area (Å²) in [4.78, 5) is 2.75. The number of hydrogen-bond donors (Lipinski definition) is 1. The van der Waals surface area contributed by atoms with E-state index in [2.05, 4.69) is 10.2 Å². The molecule has 120 valence electrons. The highest BCUT2D eigenvalue weighted by molar-refractivity contribution is 7.89. The minimum absolute atomic E-state index is 0. The second kappa shape index (κ2) is 8.10. The molecule has 1 N–H and O–H groups in total. The van der Waals surface area contributed by atoms with E-state index in [0.717, 1.165) is 44.7 Å². The molecule has 0 aromatic heterocycles. The van der Waals surface area contributed by atoms with E-state index in [1.807, 2.05) is 12.1 Å². The van der Waals surface area contributed by atoms with E-state index in [4.69, 9.17) is 0 Å². The van der Waals surface area contributed by atoms with Gasteiger partial charge in [0.25, 0.3) is 0 Å². The van der Waals surface area contributed by atoms with E-state index in [-0.39, 0.29) is 12.4 Å². The van der Waals surface area contributed by atoms with Gasteiger partial charge in [-0.1, -0.05) is 12.1 Å². The van der Waals surface area contributed by atoms with Crippen LogP contribution >= 0.6 is 12.4 Å². The van der Waals surface area contributed by atoms with Crippen molar-refractivity contribution < 1.29 is 8.42 Å². The van der Waals surface area contributed by atoms with E-state index < -0.39 is 10.0 Å². The molecule has 0 spiro atoms. The molecule has 0 aliphatic carbocycles. The zero-order chi connectivity index (χ0) is 14.6. The van der Waals surface area contributed by atoms with Crippen molar-refractivity contribution in [3.8, 4) is 0 Å². The molecule has 1 aromatic rings. The van der Waals surface area contributed by atoms with Gasteiger partial charge in [-0.15, -0.1) is 12.4 Å². The Morgan fingerprint density at radius 3 is 2.43 bits per heavy atom. The molecule has 1 heterocycles. The number of sulfonamides is 1. The highest BCUT2D eigenvalue weighted by Gasteiger charge is 2.17. The zero-order valence-electron chi connectivity index (χ0n) is 12.6. The second-order valence-corrected chi connectivity index (χ2v) is 7.46. The second-order valence-electron chi connectivity index (χ2n) is 5.31. The first kappa shape index (κ1) is 18.4. The standard InChI is InChI=1S/C14H23N3O2S.ClH/c1-16(2)20(18,19)14-6-4-13(5-7-14)12-17-10-3-8-15-9-11-17;/h4-7,15H,3,8-12H2,1-2H3;1H. The fourth-order valence-corrected chi connectivity index (χ4v) is 3.20. The number of nitrogens with one attached hydrogen (secondary N) is 1. The molecule has 1 fully saturated rings. The van der Waals surface area contributed by atoms with Gasteiger partial charge in [-0.05, 0) is 37.2 Å². The maximum atomic E-state index is 12.0. The molecule has 21 heavy (non-hydrogen) atoms. The number of nitrogens with zero attached hydrogens (tertiary/aromatic N) is 2. The number of hydrogen-bond acceptors (Lipinski definition) is 4. The predicted octanol–water partition coefficient (Wildman–Crippen LogP) is 1.15. The van der Waals surface area contributed by atoms with Crippen LogP contribution in [0.2, 0.25) is 0 Å². The van der Waals surface area contributed by atoms with Gasteiger partial charge in [0.15, 0.2) is 0 Å². The van der Waals surface area contributed by atoms with Crippen molar-refractivity contribution in [2.45, 2.75) is 17.9 Å². The van der Waals surface area contributed by atoms with Crippen molar-refractivity contribution in [2.75, 3.05) is 40.3 Å². The Balaban J connectivity index is 0.00000220. The first-order valence-electron chi connectivity index (χ1n) is 6.95. The predicted molar refractivity (Wildman–Crippen MR) is 87.3 cm³/mol. The van der Waals surface area contributed by atoms with Gasteiger partial charge < -0.3 is 5.32 Å². The van der Waals surface area contributed by atoms with Crippen molar-refractivity contribution in [3.63, 3.8) is 0 Å². The number of halogens is 1. The summed E-state index contributed by atoms with van der Waals surface area (Å²) in [6.07, 6.45) is 1.16. The minimum atomic E-state index is -3.32. The molecule has 1 aromatic carbocycles. The van der Waals surface area contributed by atoms with E-state index in [0.29, 0.717) is 4.90 Å². The lowest BCUT2D eigenvalue weighted by molar-refractivity contribution is 0.284. The Kier molecular flexibility index (Phi) is 7.09. The summed E-state index contributed by atoms with van der Waals surface area (Å²) in [6.45, 7) is 5.11. The fourth-order valence-electron chi connectivity index (χ4n) is 2.30. The molecule has 2 rings (SSSR count). The summed E-state index contributed by atoms with van der Waals surface area (Å²) in [5.74, 6) is 0. The summed E-state index contributed by atoms with van der Waals surface area (Å²) in [5, 5.41) is 3.38. The van der Waals surface area contributed by atoms with Gasteiger partial charge in [-0.3, -0.25) is 4.90 Å². The van der Waals surface area contributed by atoms with Crippen LogP contribution in [0.15, 0.2) is 29.2 Å². The largest absolute Gasteiger partial charge is 0.315 e. The van der Waals surface area contributed by atoms with Gasteiger partial charge in [-0.25, -0.2) is 12.7 Å². The monoisotopic (exact) mass is 333 g/mol. The molecule has 5 nitrogen and oxygen atoms in total. The molecule has 0 amide bonds. The Morgan fingerprint density at radius 2 is 1.81 bits per heavy atom. The number of rotatable bonds is 4. The molecular formula is C14H24ClN3O2S. The van der Waals surface area contributed by atoms with Crippen molar-refractivity contribution in [1.82, 2.24) is 14.5 Å². The van der Waals surface area contributed by atoms with Crippen LogP contribution in [-0.4, -0.2) is 57.9 Å². The summed E-state index contributed by atoms with van der Waals surface area (Å²) in [7, 11) is -0.225. The maximum Gasteiger partial charge on any atom is 0.242 e. The lowest BCUT2D eigenvalue weighted by Crippen LogP contribution is -2.27. The van der Waals surface area contributed by atoms with Crippen LogP contribution in [-0.2, 0) is 16.6 Å². The first-order chi connectivity index (χ1) is 9.50. The summed E-state index contributed by atoms with van der Waals surface area (Å²) < 4.78 is 25.2. The third-order valence-electron chi connectivity index (χ3n) is 3.54. The van der Waals surface area contributed by atoms with E-state index >= 15 is 0 Å². The molecule has 7 heteroatoms. The molecule has 1 saturated heterocycles. The van der Waals surface area contributed by atoms with Crippen LogP contribution in [0.25, 0.3) is 0 Å². The lowest BCUT2D eigenvalue weighted by Gasteiger charge is -2.19. The molecule has 0 bridgehead atoms. The van der Waals surface area contributed by atoms with Crippen molar-refractivity contribution in [2.24, 2.45) is 0 Å². The topological polar surface area (TPSA) is 52.7 Å². The summed E-state index contributed by atoms with van der Waals surface area (Å²) in [6, 6.07) is 7.21. The lowest BCUT2D eigenvalue weighted by atomic mass is 10.2. The smallest absolute Gasteiger partial charge is 0.242 e. The highest BCUT2D eigenvalue weighted by Crippen LogP contribution is 2.15. The Labute approximate surface area is 133 Å². The summed E-state index contributed by atoms with van der Waals surface area (Å²) in [5.41, 5.74) is 1.16. The molecule has 0 radical (unpaired) electrons. The van der Waals surface area contributed by atoms with Crippen molar-refractivity contribution in [3.05, 3.63) is 29.8 Å². The molecular weight excluding hydrogens is 310 g/mol. The van der Waals surface area contributed by atoms with Gasteiger partial charge in [0.05, 0.1) is 4.90 Å². The Hall–Kier alpha value is -0.660. The van der Waals surface area contributed by atoms with Crippen LogP contribution < -0.4 is 5.32 Å². The van der Waals surface area contributed by atoms with Crippen LogP contribution in [0.3, 0.4) is 0 Å². The molecule has 0 atom stereocenters. The van der Waals surface area contributed by atoms with Crippen LogP contribution in [0, 0.1) is 0 Å². The van der Waals surface area contributed by atoms with Gasteiger partial charge in [0.1, 0.15) is 0 Å². The van der Waals surface area contributed by atoms with Crippen LogP contribution in [0.4, 0.5) is 0 Å². The minimum Gasteiger partial charge on any atom is -0.315 e. The Bertz CT molecular complexity index is 524. The van der Waals surface area contributed by atoms with Crippen LogP contribution in [0.5, 0.6) is 0 Å². The molecule has 1 aliphatic rings. The SMILES string of the molecule is CN(C)S(=O)(=O)c1ccc(CN2CCCNCC2)cc1.Cl. The van der Waals surface area contributed by atoms with Crippen LogP contribution in [0.1, 0.15) is 12.0 Å². The quantitative estimate of drug-likeness (QED) is 0.898. The van der Waals surface area contributed by atoms with E-state index in [1.54, 1.807) is 26.2 Å². The number of benzene rings is 1. The Morgan fingerprint density at radius 1 is 1.14 bits per heavy atom. The van der Waals surface area contributed by atoms with E-state index in [9.17, 15) is 8.42 Å². The van der Waals surface area contributed by atoms with Gasteiger partial charge >= 0.3 is 0 Å². The maximum absolute atomic E-state index is 12.0. The molecule has 0 unspecified atom stereocenters. The van der Waals surface area contributed by atoms with Gasteiger partial charge in [0.2, 0.25) is 10.0 Å². The van der Waals surface area contributed by atoms with Gasteiger partial charge in [-0.2, -0.15) is 0 Å².